The molecule has 0 amide bonds. The molecule has 1 aliphatic carbocycles. The average molecular weight is 229 g/mol. The molecule has 2 rings (SSSR count). The van der Waals surface area contributed by atoms with E-state index in [1.54, 1.807) is 0 Å². The molecule has 2 fully saturated rings. The molecule has 0 radical (unpaired) electrons. The molecular weight excluding hydrogens is 206 g/mol. The lowest BCUT2D eigenvalue weighted by Crippen LogP contribution is -2.34. The largest absolute Gasteiger partial charge is 0.374 e. The summed E-state index contributed by atoms with van der Waals surface area (Å²) in [5.41, 5.74) is 0. The van der Waals surface area contributed by atoms with Crippen LogP contribution in [0.4, 0.5) is 0 Å². The normalized spacial score (nSPS) is 41.2. The molecule has 2 aliphatic rings. The lowest BCUT2D eigenvalue weighted by molar-refractivity contribution is 0.0544. The lowest BCUT2D eigenvalue weighted by Gasteiger charge is -2.16. The molecule has 1 N–H and O–H groups in total. The van der Waals surface area contributed by atoms with Crippen LogP contribution in [-0.2, 0) is 4.74 Å². The van der Waals surface area contributed by atoms with Gasteiger partial charge in [0.15, 0.2) is 0 Å². The molecule has 1 saturated carbocycles. The summed E-state index contributed by atoms with van der Waals surface area (Å²) in [5, 5.41) is 4.56. The van der Waals surface area contributed by atoms with Crippen LogP contribution in [0.2, 0.25) is 0 Å². The molecule has 88 valence electrons. The second-order valence-corrected chi connectivity index (χ2v) is 6.06. The molecule has 2 nitrogen and oxygen atoms in total. The lowest BCUT2D eigenvalue weighted by atomic mass is 10.2. The van der Waals surface area contributed by atoms with E-state index in [0.29, 0.717) is 12.2 Å². The van der Waals surface area contributed by atoms with E-state index in [2.05, 4.69) is 18.5 Å². The quantitative estimate of drug-likeness (QED) is 0.800. The van der Waals surface area contributed by atoms with Gasteiger partial charge in [-0.2, -0.15) is 11.8 Å². The number of hydrogen-bond donors (Lipinski definition) is 1. The topological polar surface area (TPSA) is 21.3 Å². The van der Waals surface area contributed by atoms with Crippen molar-refractivity contribution in [3.8, 4) is 0 Å². The van der Waals surface area contributed by atoms with Crippen molar-refractivity contribution in [1.29, 1.82) is 0 Å². The van der Waals surface area contributed by atoms with Crippen LogP contribution in [-0.4, -0.2) is 36.3 Å². The van der Waals surface area contributed by atoms with Crippen molar-refractivity contribution in [3.63, 3.8) is 0 Å². The Morgan fingerprint density at radius 1 is 1.27 bits per heavy atom. The van der Waals surface area contributed by atoms with Gasteiger partial charge in [-0.3, -0.25) is 0 Å². The summed E-state index contributed by atoms with van der Waals surface area (Å²) < 4.78 is 5.81. The van der Waals surface area contributed by atoms with Gasteiger partial charge in [0, 0.05) is 17.8 Å². The van der Waals surface area contributed by atoms with E-state index in [9.17, 15) is 0 Å². The fourth-order valence-electron chi connectivity index (χ4n) is 2.67. The zero-order chi connectivity index (χ0) is 10.7. The van der Waals surface area contributed by atoms with E-state index in [4.69, 9.17) is 4.74 Å². The molecule has 3 heteroatoms. The van der Waals surface area contributed by atoms with Gasteiger partial charge in [-0.05, 0) is 45.3 Å². The maximum absolute atomic E-state index is 5.81. The van der Waals surface area contributed by atoms with E-state index in [1.165, 1.54) is 32.1 Å². The van der Waals surface area contributed by atoms with Crippen molar-refractivity contribution < 1.29 is 4.74 Å². The molecule has 4 unspecified atom stereocenters. The summed E-state index contributed by atoms with van der Waals surface area (Å²) in [4.78, 5) is 0. The van der Waals surface area contributed by atoms with Gasteiger partial charge in [-0.1, -0.05) is 0 Å². The molecule has 0 spiro atoms. The predicted molar refractivity (Wildman–Crippen MR) is 66.5 cm³/mol. The summed E-state index contributed by atoms with van der Waals surface area (Å²) in [6, 6.07) is 0.752. The Morgan fingerprint density at radius 2 is 2.13 bits per heavy atom. The average Bonchev–Trinajstić information content (AvgIpc) is 2.83. The van der Waals surface area contributed by atoms with Gasteiger partial charge < -0.3 is 10.1 Å². The van der Waals surface area contributed by atoms with Crippen molar-refractivity contribution in [2.75, 3.05) is 12.8 Å². The van der Waals surface area contributed by atoms with E-state index >= 15 is 0 Å². The van der Waals surface area contributed by atoms with E-state index in [0.717, 1.165) is 17.8 Å². The Hall–Kier alpha value is 0.270. The molecular formula is C12H23NOS. The first-order valence-corrected chi connectivity index (χ1v) is 7.48. The van der Waals surface area contributed by atoms with Gasteiger partial charge in [0.1, 0.15) is 0 Å². The summed E-state index contributed by atoms with van der Waals surface area (Å²) in [6.45, 7) is 3.25. The van der Waals surface area contributed by atoms with Crippen LogP contribution >= 0.6 is 11.8 Å². The summed E-state index contributed by atoms with van der Waals surface area (Å²) >= 11 is 2.02. The fraction of sp³-hybridized carbons (Fsp3) is 1.00. The van der Waals surface area contributed by atoms with Crippen LogP contribution in [0.5, 0.6) is 0 Å². The molecule has 0 aromatic rings. The fourth-order valence-corrected chi connectivity index (χ4v) is 3.47. The molecule has 15 heavy (non-hydrogen) atoms. The zero-order valence-electron chi connectivity index (χ0n) is 9.87. The van der Waals surface area contributed by atoms with E-state index in [-0.39, 0.29) is 0 Å². The minimum absolute atomic E-state index is 0.480. The number of ether oxygens (including phenoxy) is 1. The van der Waals surface area contributed by atoms with Gasteiger partial charge in [0.25, 0.3) is 0 Å². The van der Waals surface area contributed by atoms with Gasteiger partial charge in [0.2, 0.25) is 0 Å². The highest BCUT2D eigenvalue weighted by Crippen LogP contribution is 2.28. The van der Waals surface area contributed by atoms with Gasteiger partial charge in [-0.25, -0.2) is 0 Å². The van der Waals surface area contributed by atoms with E-state index in [1.807, 2.05) is 11.8 Å². The van der Waals surface area contributed by atoms with Crippen LogP contribution in [0.3, 0.4) is 0 Å². The minimum atomic E-state index is 0.480. The summed E-state index contributed by atoms with van der Waals surface area (Å²) in [5.74, 6) is 0. The van der Waals surface area contributed by atoms with Crippen LogP contribution in [0.25, 0.3) is 0 Å². The number of hydrogen-bond acceptors (Lipinski definition) is 3. The van der Waals surface area contributed by atoms with Crippen molar-refractivity contribution in [1.82, 2.24) is 5.32 Å². The smallest absolute Gasteiger partial charge is 0.0704 e. The van der Waals surface area contributed by atoms with Crippen molar-refractivity contribution in [2.24, 2.45) is 0 Å². The Morgan fingerprint density at radius 3 is 2.73 bits per heavy atom. The standard InChI is InChI=1S/C12H23NOS/c1-9-3-5-11(14-9)8-13-10-4-6-12(7-10)15-2/h9-13H,3-8H2,1-2H3. The monoisotopic (exact) mass is 229 g/mol. The third-order valence-corrected chi connectivity index (χ3v) is 4.77. The molecule has 1 aliphatic heterocycles. The van der Waals surface area contributed by atoms with Crippen molar-refractivity contribution in [3.05, 3.63) is 0 Å². The van der Waals surface area contributed by atoms with Crippen molar-refractivity contribution >= 4 is 11.8 Å². The first-order valence-electron chi connectivity index (χ1n) is 6.19. The highest BCUT2D eigenvalue weighted by atomic mass is 32.2. The Kier molecular flexibility index (Phi) is 4.35. The van der Waals surface area contributed by atoms with Crippen LogP contribution < -0.4 is 5.32 Å². The van der Waals surface area contributed by atoms with Crippen molar-refractivity contribution in [2.45, 2.75) is 62.5 Å². The predicted octanol–water partition coefficient (Wildman–Crippen LogP) is 2.43. The van der Waals surface area contributed by atoms with E-state index < -0.39 is 0 Å². The van der Waals surface area contributed by atoms with Crippen LogP contribution in [0.1, 0.15) is 39.0 Å². The number of nitrogens with one attached hydrogen (secondary N) is 1. The maximum atomic E-state index is 5.81. The highest BCUT2D eigenvalue weighted by molar-refractivity contribution is 7.99. The van der Waals surface area contributed by atoms with Gasteiger partial charge in [0.05, 0.1) is 12.2 Å². The molecule has 1 saturated heterocycles. The second-order valence-electron chi connectivity index (χ2n) is 4.92. The first-order chi connectivity index (χ1) is 7.28. The third-order valence-electron chi connectivity index (χ3n) is 3.67. The minimum Gasteiger partial charge on any atom is -0.374 e. The highest BCUT2D eigenvalue weighted by Gasteiger charge is 2.26. The SMILES string of the molecule is CSC1CCC(NCC2CCC(C)O2)C1. The molecule has 0 aromatic heterocycles. The molecule has 0 aromatic carbocycles. The first kappa shape index (κ1) is 11.7. The summed E-state index contributed by atoms with van der Waals surface area (Å²) in [7, 11) is 0. The third kappa shape index (κ3) is 3.36. The summed E-state index contributed by atoms with van der Waals surface area (Å²) in [6.07, 6.45) is 9.78. The second kappa shape index (κ2) is 5.55. The molecule has 4 atom stereocenters. The Labute approximate surface area is 97.5 Å². The number of thioether (sulfide) groups is 1. The maximum Gasteiger partial charge on any atom is 0.0704 e. The van der Waals surface area contributed by atoms with Gasteiger partial charge in [-0.15, -0.1) is 0 Å². The zero-order valence-corrected chi connectivity index (χ0v) is 10.7. The van der Waals surface area contributed by atoms with Gasteiger partial charge >= 0.3 is 0 Å². The van der Waals surface area contributed by atoms with Crippen LogP contribution in [0.15, 0.2) is 0 Å². The van der Waals surface area contributed by atoms with Crippen LogP contribution in [0, 0.1) is 0 Å². The molecule has 0 bridgehead atoms. The number of rotatable bonds is 4. The molecule has 1 heterocycles. The Bertz CT molecular complexity index is 200. The Balaban J connectivity index is 1.62.